The Hall–Kier alpha value is -2.60. The number of ketones is 1. The SMILES string of the molecule is CCN(CC)CC(=O)Cc1cc2cc(-c3cn(C)nn3)ccc2cn1. The fraction of sp³-hybridized carbons (Fsp3) is 0.368. The van der Waals surface area contributed by atoms with Crippen molar-refractivity contribution in [1.29, 1.82) is 0 Å². The van der Waals surface area contributed by atoms with Gasteiger partial charge in [-0.05, 0) is 30.6 Å². The molecule has 0 aliphatic heterocycles. The van der Waals surface area contributed by atoms with E-state index in [0.717, 1.165) is 40.8 Å². The average molecular weight is 337 g/mol. The number of rotatable bonds is 7. The number of hydrogen-bond donors (Lipinski definition) is 0. The summed E-state index contributed by atoms with van der Waals surface area (Å²) in [6.07, 6.45) is 4.08. The Bertz CT molecular complexity index is 882. The standard InChI is InChI=1S/C19H23N5O/c1-4-24(5-2)12-18(25)10-17-9-16-8-14(6-7-15(16)11-20-17)19-13-23(3)22-21-19/h6-9,11,13H,4-5,10,12H2,1-3H3. The van der Waals surface area contributed by atoms with E-state index in [4.69, 9.17) is 0 Å². The predicted molar refractivity (Wildman–Crippen MR) is 98.2 cm³/mol. The van der Waals surface area contributed by atoms with Crippen LogP contribution in [-0.2, 0) is 18.3 Å². The molecular formula is C19H23N5O. The number of pyridine rings is 1. The number of benzene rings is 1. The van der Waals surface area contributed by atoms with E-state index in [1.807, 2.05) is 37.6 Å². The summed E-state index contributed by atoms with van der Waals surface area (Å²) in [5.41, 5.74) is 2.65. The van der Waals surface area contributed by atoms with E-state index >= 15 is 0 Å². The van der Waals surface area contributed by atoms with Gasteiger partial charge in [-0.3, -0.25) is 19.4 Å². The number of aromatic nitrogens is 4. The van der Waals surface area contributed by atoms with Gasteiger partial charge in [0.2, 0.25) is 0 Å². The average Bonchev–Trinajstić information content (AvgIpc) is 3.05. The normalized spacial score (nSPS) is 11.4. The minimum absolute atomic E-state index is 0.195. The highest BCUT2D eigenvalue weighted by Gasteiger charge is 2.10. The molecule has 2 heterocycles. The van der Waals surface area contributed by atoms with Gasteiger partial charge in [0.15, 0.2) is 5.78 Å². The molecule has 0 aliphatic rings. The van der Waals surface area contributed by atoms with Gasteiger partial charge in [-0.25, -0.2) is 0 Å². The Labute approximate surface area is 147 Å². The smallest absolute Gasteiger partial charge is 0.152 e. The van der Waals surface area contributed by atoms with Crippen molar-refractivity contribution in [2.75, 3.05) is 19.6 Å². The van der Waals surface area contributed by atoms with Gasteiger partial charge in [-0.2, -0.15) is 0 Å². The number of nitrogens with zero attached hydrogens (tertiary/aromatic N) is 5. The van der Waals surface area contributed by atoms with E-state index in [0.29, 0.717) is 13.0 Å². The summed E-state index contributed by atoms with van der Waals surface area (Å²) < 4.78 is 1.68. The van der Waals surface area contributed by atoms with Crippen LogP contribution in [0, 0.1) is 0 Å². The molecule has 0 spiro atoms. The maximum Gasteiger partial charge on any atom is 0.152 e. The maximum atomic E-state index is 12.3. The predicted octanol–water partition coefficient (Wildman–Crippen LogP) is 2.48. The molecule has 130 valence electrons. The third-order valence-electron chi connectivity index (χ3n) is 4.35. The molecule has 6 nitrogen and oxygen atoms in total. The lowest BCUT2D eigenvalue weighted by Gasteiger charge is -2.16. The van der Waals surface area contributed by atoms with Crippen molar-refractivity contribution in [3.8, 4) is 11.3 Å². The summed E-state index contributed by atoms with van der Waals surface area (Å²) in [7, 11) is 1.85. The minimum atomic E-state index is 0.195. The summed E-state index contributed by atoms with van der Waals surface area (Å²) in [6.45, 7) is 6.38. The molecule has 0 aliphatic carbocycles. The van der Waals surface area contributed by atoms with Gasteiger partial charge < -0.3 is 0 Å². The topological polar surface area (TPSA) is 63.9 Å². The fourth-order valence-corrected chi connectivity index (χ4v) is 2.88. The van der Waals surface area contributed by atoms with E-state index < -0.39 is 0 Å². The Morgan fingerprint density at radius 2 is 1.96 bits per heavy atom. The van der Waals surface area contributed by atoms with Gasteiger partial charge >= 0.3 is 0 Å². The van der Waals surface area contributed by atoms with Crippen molar-refractivity contribution in [3.05, 3.63) is 42.4 Å². The molecule has 0 atom stereocenters. The highest BCUT2D eigenvalue weighted by atomic mass is 16.1. The van der Waals surface area contributed by atoms with Crippen LogP contribution in [0.25, 0.3) is 22.0 Å². The summed E-state index contributed by atoms with van der Waals surface area (Å²) in [5, 5.41) is 10.2. The highest BCUT2D eigenvalue weighted by Crippen LogP contribution is 2.23. The lowest BCUT2D eigenvalue weighted by Crippen LogP contribution is -2.30. The third-order valence-corrected chi connectivity index (χ3v) is 4.35. The van der Waals surface area contributed by atoms with Crippen LogP contribution in [0.5, 0.6) is 0 Å². The second-order valence-corrected chi connectivity index (χ2v) is 6.19. The van der Waals surface area contributed by atoms with Crippen LogP contribution >= 0.6 is 0 Å². The quantitative estimate of drug-likeness (QED) is 0.663. The zero-order valence-electron chi connectivity index (χ0n) is 14.9. The van der Waals surface area contributed by atoms with Crippen LogP contribution in [-0.4, -0.2) is 50.3 Å². The number of carbonyl (C=O) groups excluding carboxylic acids is 1. The Kier molecular flexibility index (Phi) is 5.19. The number of Topliss-reactive ketones (excluding diaryl/α,β-unsaturated/α-hetero) is 1. The first-order valence-corrected chi connectivity index (χ1v) is 8.58. The first-order valence-electron chi connectivity index (χ1n) is 8.58. The molecule has 0 bridgehead atoms. The number of fused-ring (bicyclic) bond motifs is 1. The number of aryl methyl sites for hydroxylation is 1. The highest BCUT2D eigenvalue weighted by molar-refractivity contribution is 5.88. The molecule has 6 heteroatoms. The molecule has 3 rings (SSSR count). The molecule has 0 fully saturated rings. The van der Waals surface area contributed by atoms with Crippen molar-refractivity contribution in [3.63, 3.8) is 0 Å². The van der Waals surface area contributed by atoms with Crippen molar-refractivity contribution in [2.24, 2.45) is 7.05 Å². The van der Waals surface area contributed by atoms with Crippen LogP contribution in [0.15, 0.2) is 36.7 Å². The molecule has 25 heavy (non-hydrogen) atoms. The van der Waals surface area contributed by atoms with Gasteiger partial charge in [0.05, 0.1) is 19.2 Å². The second-order valence-electron chi connectivity index (χ2n) is 6.19. The van der Waals surface area contributed by atoms with E-state index in [1.54, 1.807) is 4.68 Å². The van der Waals surface area contributed by atoms with Gasteiger partial charge in [-0.1, -0.05) is 31.2 Å². The molecular weight excluding hydrogens is 314 g/mol. The third kappa shape index (κ3) is 4.09. The lowest BCUT2D eigenvalue weighted by molar-refractivity contribution is -0.119. The van der Waals surface area contributed by atoms with E-state index in [9.17, 15) is 4.79 Å². The Balaban J connectivity index is 1.82. The summed E-state index contributed by atoms with van der Waals surface area (Å²) in [6, 6.07) is 8.10. The minimum Gasteiger partial charge on any atom is -0.298 e. The molecule has 0 N–H and O–H groups in total. The summed E-state index contributed by atoms with van der Waals surface area (Å²) >= 11 is 0. The molecule has 0 saturated carbocycles. The first kappa shape index (κ1) is 17.2. The maximum absolute atomic E-state index is 12.3. The van der Waals surface area contributed by atoms with E-state index in [2.05, 4.69) is 40.1 Å². The first-order chi connectivity index (χ1) is 12.1. The summed E-state index contributed by atoms with van der Waals surface area (Å²) in [5.74, 6) is 0.195. The monoisotopic (exact) mass is 337 g/mol. The summed E-state index contributed by atoms with van der Waals surface area (Å²) in [4.78, 5) is 18.8. The second kappa shape index (κ2) is 7.53. The molecule has 2 aromatic heterocycles. The zero-order chi connectivity index (χ0) is 17.8. The largest absolute Gasteiger partial charge is 0.298 e. The molecule has 1 aromatic carbocycles. The van der Waals surface area contributed by atoms with Crippen LogP contribution < -0.4 is 0 Å². The number of carbonyl (C=O) groups is 1. The number of hydrogen-bond acceptors (Lipinski definition) is 5. The Morgan fingerprint density at radius 3 is 2.64 bits per heavy atom. The van der Waals surface area contributed by atoms with Gasteiger partial charge in [-0.15, -0.1) is 5.10 Å². The molecule has 0 amide bonds. The molecule has 3 aromatic rings. The van der Waals surface area contributed by atoms with Gasteiger partial charge in [0, 0.05) is 29.9 Å². The van der Waals surface area contributed by atoms with Crippen LogP contribution in [0.1, 0.15) is 19.5 Å². The van der Waals surface area contributed by atoms with Crippen molar-refractivity contribution in [1.82, 2.24) is 24.9 Å². The molecule has 0 radical (unpaired) electrons. The van der Waals surface area contributed by atoms with Crippen molar-refractivity contribution >= 4 is 16.6 Å². The number of likely N-dealkylation sites (N-methyl/N-ethyl adjacent to an activating group) is 1. The van der Waals surface area contributed by atoms with Gasteiger partial charge in [0.25, 0.3) is 0 Å². The molecule has 0 unspecified atom stereocenters. The van der Waals surface area contributed by atoms with Crippen molar-refractivity contribution < 1.29 is 4.79 Å². The van der Waals surface area contributed by atoms with Crippen LogP contribution in [0.4, 0.5) is 0 Å². The van der Waals surface area contributed by atoms with Gasteiger partial charge in [0.1, 0.15) is 5.69 Å². The molecule has 0 saturated heterocycles. The van der Waals surface area contributed by atoms with E-state index in [1.165, 1.54) is 0 Å². The van der Waals surface area contributed by atoms with Crippen molar-refractivity contribution in [2.45, 2.75) is 20.3 Å². The lowest BCUT2D eigenvalue weighted by atomic mass is 10.0. The van der Waals surface area contributed by atoms with Crippen LogP contribution in [0.2, 0.25) is 0 Å². The van der Waals surface area contributed by atoms with E-state index in [-0.39, 0.29) is 5.78 Å². The van der Waals surface area contributed by atoms with Crippen LogP contribution in [0.3, 0.4) is 0 Å². The zero-order valence-corrected chi connectivity index (χ0v) is 14.9. The Morgan fingerprint density at radius 1 is 1.16 bits per heavy atom. The fourth-order valence-electron chi connectivity index (χ4n) is 2.88.